The van der Waals surface area contributed by atoms with Gasteiger partial charge in [-0.25, -0.2) is 0 Å². The summed E-state index contributed by atoms with van der Waals surface area (Å²) >= 11 is 1.46. The topological polar surface area (TPSA) is 58.6 Å². The van der Waals surface area contributed by atoms with Crippen molar-refractivity contribution in [3.05, 3.63) is 22.4 Å². The lowest BCUT2D eigenvalue weighted by atomic mass is 10.3. The molecule has 18 heavy (non-hydrogen) atoms. The highest BCUT2D eigenvalue weighted by atomic mass is 32.1. The van der Waals surface area contributed by atoms with Crippen LogP contribution in [0.3, 0.4) is 0 Å². The van der Waals surface area contributed by atoms with E-state index in [2.05, 4.69) is 5.32 Å². The molecule has 0 saturated heterocycles. The van der Waals surface area contributed by atoms with Crippen molar-refractivity contribution in [3.63, 3.8) is 0 Å². The number of hydrogen-bond donors (Lipinski definition) is 1. The number of carbonyl (C=O) groups is 2. The molecule has 1 rings (SSSR count). The molecule has 0 aliphatic carbocycles. The van der Waals surface area contributed by atoms with E-state index in [1.165, 1.54) is 16.2 Å². The number of hydrogen-bond acceptors (Lipinski definition) is 4. The first kappa shape index (κ1) is 14.7. The zero-order valence-corrected chi connectivity index (χ0v) is 11.5. The van der Waals surface area contributed by atoms with Crippen LogP contribution < -0.4 is 5.32 Å². The van der Waals surface area contributed by atoms with Crippen LogP contribution in [0.1, 0.15) is 16.8 Å². The third kappa shape index (κ3) is 4.85. The highest BCUT2D eigenvalue weighted by Crippen LogP contribution is 2.08. The van der Waals surface area contributed by atoms with Crippen molar-refractivity contribution in [3.8, 4) is 0 Å². The summed E-state index contributed by atoms with van der Waals surface area (Å²) in [4.78, 5) is 24.8. The molecule has 6 heteroatoms. The Morgan fingerprint density at radius 3 is 2.89 bits per heavy atom. The molecule has 2 amide bonds. The van der Waals surface area contributed by atoms with Crippen LogP contribution >= 0.6 is 11.3 Å². The molecule has 0 fully saturated rings. The molecule has 1 aromatic rings. The molecule has 5 nitrogen and oxygen atoms in total. The van der Waals surface area contributed by atoms with Gasteiger partial charge in [0.2, 0.25) is 5.91 Å². The van der Waals surface area contributed by atoms with Crippen molar-refractivity contribution >= 4 is 23.2 Å². The number of amides is 2. The van der Waals surface area contributed by atoms with Crippen LogP contribution in [0.25, 0.3) is 0 Å². The van der Waals surface area contributed by atoms with E-state index >= 15 is 0 Å². The van der Waals surface area contributed by atoms with Gasteiger partial charge in [0.1, 0.15) is 0 Å². The summed E-state index contributed by atoms with van der Waals surface area (Å²) in [6, 6.07) is 1.75. The Balaban J connectivity index is 2.29. The standard InChI is InChI=1S/C12H18N2O3S/c1-14(12(16)10-4-7-18-9-10)8-11(15)13-5-3-6-17-2/h4,7,9H,3,5-6,8H2,1-2H3,(H,13,15). The molecule has 0 spiro atoms. The lowest BCUT2D eigenvalue weighted by Gasteiger charge is -2.16. The van der Waals surface area contributed by atoms with E-state index in [1.807, 2.05) is 5.38 Å². The summed E-state index contributed by atoms with van der Waals surface area (Å²) < 4.78 is 4.88. The second-order valence-electron chi connectivity index (χ2n) is 3.87. The Hall–Kier alpha value is -1.40. The largest absolute Gasteiger partial charge is 0.385 e. The minimum Gasteiger partial charge on any atom is -0.385 e. The number of rotatable bonds is 7. The fraction of sp³-hybridized carbons (Fsp3) is 0.500. The van der Waals surface area contributed by atoms with Crippen molar-refractivity contribution in [2.24, 2.45) is 0 Å². The van der Waals surface area contributed by atoms with Gasteiger partial charge in [0, 0.05) is 32.7 Å². The molecule has 0 atom stereocenters. The number of carbonyl (C=O) groups excluding carboxylic acids is 2. The Morgan fingerprint density at radius 1 is 1.50 bits per heavy atom. The van der Waals surface area contributed by atoms with E-state index in [0.29, 0.717) is 18.7 Å². The van der Waals surface area contributed by atoms with Gasteiger partial charge in [0.25, 0.3) is 5.91 Å². The lowest BCUT2D eigenvalue weighted by Crippen LogP contribution is -2.38. The zero-order valence-electron chi connectivity index (χ0n) is 10.6. The van der Waals surface area contributed by atoms with Crippen LogP contribution in [-0.2, 0) is 9.53 Å². The van der Waals surface area contributed by atoms with Gasteiger partial charge < -0.3 is 15.0 Å². The first-order valence-electron chi connectivity index (χ1n) is 5.68. The van der Waals surface area contributed by atoms with Gasteiger partial charge in [-0.15, -0.1) is 0 Å². The smallest absolute Gasteiger partial charge is 0.254 e. The van der Waals surface area contributed by atoms with Crippen LogP contribution in [0.4, 0.5) is 0 Å². The molecule has 1 heterocycles. The van der Waals surface area contributed by atoms with Crippen molar-refractivity contribution in [2.75, 3.05) is 33.9 Å². The number of nitrogens with one attached hydrogen (secondary N) is 1. The molecule has 1 aromatic heterocycles. The normalized spacial score (nSPS) is 10.1. The van der Waals surface area contributed by atoms with Crippen molar-refractivity contribution in [2.45, 2.75) is 6.42 Å². The number of likely N-dealkylation sites (N-methyl/N-ethyl adjacent to an activating group) is 1. The molecule has 0 radical (unpaired) electrons. The Kier molecular flexibility index (Phi) is 6.38. The predicted molar refractivity (Wildman–Crippen MR) is 70.8 cm³/mol. The third-order valence-electron chi connectivity index (χ3n) is 2.34. The number of ether oxygens (including phenoxy) is 1. The summed E-state index contributed by atoms with van der Waals surface area (Å²) in [7, 11) is 3.24. The summed E-state index contributed by atoms with van der Waals surface area (Å²) in [6.45, 7) is 1.25. The van der Waals surface area contributed by atoms with E-state index in [1.54, 1.807) is 25.6 Å². The predicted octanol–water partition coefficient (Wildman–Crippen LogP) is 0.973. The second kappa shape index (κ2) is 7.84. The van der Waals surface area contributed by atoms with E-state index in [4.69, 9.17) is 4.74 Å². The highest BCUT2D eigenvalue weighted by molar-refractivity contribution is 7.08. The average molecular weight is 270 g/mol. The maximum absolute atomic E-state index is 11.9. The SMILES string of the molecule is COCCCNC(=O)CN(C)C(=O)c1ccsc1. The molecule has 0 aliphatic rings. The molecule has 0 unspecified atom stereocenters. The van der Waals surface area contributed by atoms with Crippen LogP contribution in [0.15, 0.2) is 16.8 Å². The summed E-state index contributed by atoms with van der Waals surface area (Å²) in [5.74, 6) is -0.291. The van der Waals surface area contributed by atoms with E-state index in [9.17, 15) is 9.59 Å². The van der Waals surface area contributed by atoms with Gasteiger partial charge in [-0.2, -0.15) is 11.3 Å². The molecule has 100 valence electrons. The quantitative estimate of drug-likeness (QED) is 0.751. The lowest BCUT2D eigenvalue weighted by molar-refractivity contribution is -0.121. The van der Waals surface area contributed by atoms with Gasteiger partial charge in [-0.1, -0.05) is 0 Å². The summed E-state index contributed by atoms with van der Waals surface area (Å²) in [6.07, 6.45) is 0.768. The van der Waals surface area contributed by atoms with Gasteiger partial charge in [-0.3, -0.25) is 9.59 Å². The van der Waals surface area contributed by atoms with Crippen LogP contribution in [0.5, 0.6) is 0 Å². The number of thiophene rings is 1. The van der Waals surface area contributed by atoms with Crippen molar-refractivity contribution in [1.29, 1.82) is 0 Å². The minimum atomic E-state index is -0.155. The summed E-state index contributed by atoms with van der Waals surface area (Å²) in [5.41, 5.74) is 0.620. The van der Waals surface area contributed by atoms with Gasteiger partial charge >= 0.3 is 0 Å². The molecule has 0 aliphatic heterocycles. The van der Waals surface area contributed by atoms with Crippen LogP contribution in [0, 0.1) is 0 Å². The Labute approximate surface area is 111 Å². The Bertz CT molecular complexity index is 379. The molecule has 0 aromatic carbocycles. The van der Waals surface area contributed by atoms with Crippen molar-refractivity contribution in [1.82, 2.24) is 10.2 Å². The minimum absolute atomic E-state index is 0.0711. The highest BCUT2D eigenvalue weighted by Gasteiger charge is 2.14. The molecule has 0 saturated carbocycles. The first-order chi connectivity index (χ1) is 8.65. The van der Waals surface area contributed by atoms with Crippen LogP contribution in [0.2, 0.25) is 0 Å². The van der Waals surface area contributed by atoms with Gasteiger partial charge in [-0.05, 0) is 17.9 Å². The average Bonchev–Trinajstić information content (AvgIpc) is 2.87. The fourth-order valence-corrected chi connectivity index (χ4v) is 2.02. The molecule has 0 bridgehead atoms. The van der Waals surface area contributed by atoms with Crippen molar-refractivity contribution < 1.29 is 14.3 Å². The van der Waals surface area contributed by atoms with E-state index in [0.717, 1.165) is 6.42 Å². The fourth-order valence-electron chi connectivity index (χ4n) is 1.39. The zero-order chi connectivity index (χ0) is 13.4. The maximum atomic E-state index is 11.9. The summed E-state index contributed by atoms with van der Waals surface area (Å²) in [5, 5.41) is 6.35. The number of nitrogens with zero attached hydrogens (tertiary/aromatic N) is 1. The van der Waals surface area contributed by atoms with Crippen LogP contribution in [-0.4, -0.2) is 50.6 Å². The molecular formula is C12H18N2O3S. The molecular weight excluding hydrogens is 252 g/mol. The monoisotopic (exact) mass is 270 g/mol. The third-order valence-corrected chi connectivity index (χ3v) is 3.03. The second-order valence-corrected chi connectivity index (χ2v) is 4.65. The maximum Gasteiger partial charge on any atom is 0.254 e. The van der Waals surface area contributed by atoms with E-state index in [-0.39, 0.29) is 18.4 Å². The molecule has 1 N–H and O–H groups in total. The Morgan fingerprint density at radius 2 is 2.28 bits per heavy atom. The van der Waals surface area contributed by atoms with Gasteiger partial charge in [0.05, 0.1) is 12.1 Å². The first-order valence-corrected chi connectivity index (χ1v) is 6.62. The van der Waals surface area contributed by atoms with E-state index < -0.39 is 0 Å². The number of methoxy groups -OCH3 is 1. The van der Waals surface area contributed by atoms with Gasteiger partial charge in [0.15, 0.2) is 0 Å².